The van der Waals surface area contributed by atoms with Gasteiger partial charge in [0.2, 0.25) is 0 Å². The van der Waals surface area contributed by atoms with E-state index in [1.54, 1.807) is 0 Å². The SMILES string of the molecule is Cc1ccc2ccc(-c3cccc4c3-c3ccccc3C4(C)C)cc2c1. The van der Waals surface area contributed by atoms with Crippen molar-refractivity contribution in [2.45, 2.75) is 26.2 Å². The average Bonchev–Trinajstić information content (AvgIpc) is 2.89. The lowest BCUT2D eigenvalue weighted by Crippen LogP contribution is -2.14. The van der Waals surface area contributed by atoms with Gasteiger partial charge in [-0.2, -0.15) is 0 Å². The van der Waals surface area contributed by atoms with Crippen molar-refractivity contribution in [1.29, 1.82) is 0 Å². The first kappa shape index (κ1) is 15.4. The van der Waals surface area contributed by atoms with E-state index in [1.807, 2.05) is 0 Å². The van der Waals surface area contributed by atoms with Gasteiger partial charge in [-0.15, -0.1) is 0 Å². The summed E-state index contributed by atoms with van der Waals surface area (Å²) in [5.41, 5.74) is 9.64. The van der Waals surface area contributed by atoms with Crippen molar-refractivity contribution in [2.75, 3.05) is 0 Å². The molecule has 26 heavy (non-hydrogen) atoms. The van der Waals surface area contributed by atoms with E-state index in [4.69, 9.17) is 0 Å². The Balaban J connectivity index is 1.81. The lowest BCUT2D eigenvalue weighted by molar-refractivity contribution is 0.660. The zero-order valence-electron chi connectivity index (χ0n) is 15.5. The monoisotopic (exact) mass is 334 g/mol. The quantitative estimate of drug-likeness (QED) is 0.347. The van der Waals surface area contributed by atoms with E-state index in [1.165, 1.54) is 49.7 Å². The van der Waals surface area contributed by atoms with E-state index >= 15 is 0 Å². The van der Waals surface area contributed by atoms with Crippen molar-refractivity contribution in [3.63, 3.8) is 0 Å². The van der Waals surface area contributed by atoms with Crippen LogP contribution in [-0.4, -0.2) is 0 Å². The number of aryl methyl sites for hydroxylation is 1. The molecule has 4 aromatic rings. The molecule has 4 aromatic carbocycles. The van der Waals surface area contributed by atoms with E-state index in [-0.39, 0.29) is 5.41 Å². The summed E-state index contributed by atoms with van der Waals surface area (Å²) in [6.45, 7) is 6.83. The topological polar surface area (TPSA) is 0 Å². The molecular weight excluding hydrogens is 312 g/mol. The third-order valence-electron chi connectivity index (χ3n) is 5.91. The molecule has 1 aliphatic rings. The zero-order valence-corrected chi connectivity index (χ0v) is 15.5. The standard InChI is InChI=1S/C26H22/c1-17-11-12-18-13-14-19(16-20(18)15-17)21-8-6-10-24-25(21)22-7-4-5-9-23(22)26(24,2)3/h4-16H,1-3H3. The first-order chi connectivity index (χ1) is 12.6. The van der Waals surface area contributed by atoms with Crippen LogP contribution in [-0.2, 0) is 5.41 Å². The smallest absolute Gasteiger partial charge is 0.0159 e. The van der Waals surface area contributed by atoms with Gasteiger partial charge >= 0.3 is 0 Å². The van der Waals surface area contributed by atoms with Crippen LogP contribution >= 0.6 is 0 Å². The molecule has 5 rings (SSSR count). The van der Waals surface area contributed by atoms with Crippen LogP contribution in [0.5, 0.6) is 0 Å². The number of rotatable bonds is 1. The van der Waals surface area contributed by atoms with Crippen molar-refractivity contribution in [1.82, 2.24) is 0 Å². The summed E-state index contributed by atoms with van der Waals surface area (Å²) >= 11 is 0. The lowest BCUT2D eigenvalue weighted by Gasteiger charge is -2.21. The van der Waals surface area contributed by atoms with Crippen LogP contribution < -0.4 is 0 Å². The van der Waals surface area contributed by atoms with Gasteiger partial charge in [-0.3, -0.25) is 0 Å². The summed E-state index contributed by atoms with van der Waals surface area (Å²) in [5, 5.41) is 2.61. The normalized spacial score (nSPS) is 14.3. The highest BCUT2D eigenvalue weighted by Gasteiger charge is 2.36. The second kappa shape index (κ2) is 5.32. The van der Waals surface area contributed by atoms with Gasteiger partial charge in [0.15, 0.2) is 0 Å². The minimum absolute atomic E-state index is 0.0510. The van der Waals surface area contributed by atoms with E-state index in [2.05, 4.69) is 99.6 Å². The maximum Gasteiger partial charge on any atom is 0.0159 e. The van der Waals surface area contributed by atoms with Gasteiger partial charge in [-0.1, -0.05) is 92.2 Å². The molecule has 0 fully saturated rings. The largest absolute Gasteiger partial charge is 0.0619 e. The summed E-state index contributed by atoms with van der Waals surface area (Å²) in [4.78, 5) is 0. The molecule has 0 aromatic heterocycles. The predicted molar refractivity (Wildman–Crippen MR) is 112 cm³/mol. The van der Waals surface area contributed by atoms with Crippen LogP contribution in [0.2, 0.25) is 0 Å². The Kier molecular flexibility index (Phi) is 3.15. The van der Waals surface area contributed by atoms with Gasteiger partial charge in [-0.25, -0.2) is 0 Å². The highest BCUT2D eigenvalue weighted by Crippen LogP contribution is 2.51. The van der Waals surface area contributed by atoms with Gasteiger partial charge in [0.1, 0.15) is 0 Å². The Morgan fingerprint density at radius 1 is 0.615 bits per heavy atom. The van der Waals surface area contributed by atoms with Gasteiger partial charge in [-0.05, 0) is 57.1 Å². The molecule has 0 N–H and O–H groups in total. The van der Waals surface area contributed by atoms with Gasteiger partial charge in [0.25, 0.3) is 0 Å². The van der Waals surface area contributed by atoms with E-state index in [0.717, 1.165) is 0 Å². The predicted octanol–water partition coefficient (Wildman–Crippen LogP) is 7.12. The van der Waals surface area contributed by atoms with Crippen LogP contribution in [0.3, 0.4) is 0 Å². The van der Waals surface area contributed by atoms with Gasteiger partial charge in [0, 0.05) is 5.41 Å². The van der Waals surface area contributed by atoms with Crippen LogP contribution in [0.15, 0.2) is 78.9 Å². The molecule has 0 heterocycles. The molecule has 0 heteroatoms. The fraction of sp³-hybridized carbons (Fsp3) is 0.154. The number of benzene rings is 4. The second-order valence-electron chi connectivity index (χ2n) is 7.96. The molecule has 0 aliphatic heterocycles. The molecule has 0 amide bonds. The number of fused-ring (bicyclic) bond motifs is 4. The number of hydrogen-bond acceptors (Lipinski definition) is 0. The Morgan fingerprint density at radius 2 is 1.35 bits per heavy atom. The Morgan fingerprint density at radius 3 is 2.23 bits per heavy atom. The van der Waals surface area contributed by atoms with Crippen LogP contribution in [0.25, 0.3) is 33.0 Å². The highest BCUT2D eigenvalue weighted by molar-refractivity contribution is 5.95. The highest BCUT2D eigenvalue weighted by atomic mass is 14.4. The van der Waals surface area contributed by atoms with Crippen molar-refractivity contribution >= 4 is 10.8 Å². The minimum atomic E-state index is 0.0510. The zero-order chi connectivity index (χ0) is 17.9. The molecular formula is C26H22. The Hall–Kier alpha value is -2.86. The fourth-order valence-corrected chi connectivity index (χ4v) is 4.53. The maximum atomic E-state index is 2.34. The summed E-state index contributed by atoms with van der Waals surface area (Å²) in [5.74, 6) is 0. The molecule has 0 radical (unpaired) electrons. The summed E-state index contributed by atoms with van der Waals surface area (Å²) in [6.07, 6.45) is 0. The average molecular weight is 334 g/mol. The van der Waals surface area contributed by atoms with Crippen LogP contribution in [0, 0.1) is 6.92 Å². The van der Waals surface area contributed by atoms with Crippen LogP contribution in [0.4, 0.5) is 0 Å². The van der Waals surface area contributed by atoms with Crippen molar-refractivity contribution < 1.29 is 0 Å². The fourth-order valence-electron chi connectivity index (χ4n) is 4.53. The molecule has 0 unspecified atom stereocenters. The van der Waals surface area contributed by atoms with E-state index in [9.17, 15) is 0 Å². The molecule has 0 nitrogen and oxygen atoms in total. The summed E-state index contributed by atoms with van der Waals surface area (Å²) < 4.78 is 0. The van der Waals surface area contributed by atoms with Crippen LogP contribution in [0.1, 0.15) is 30.5 Å². The molecule has 0 saturated carbocycles. The second-order valence-corrected chi connectivity index (χ2v) is 7.96. The van der Waals surface area contributed by atoms with Crippen molar-refractivity contribution in [3.05, 3.63) is 95.6 Å². The lowest BCUT2D eigenvalue weighted by atomic mass is 9.82. The number of hydrogen-bond donors (Lipinski definition) is 0. The first-order valence-corrected chi connectivity index (χ1v) is 9.30. The molecule has 1 aliphatic carbocycles. The molecule has 126 valence electrons. The maximum absolute atomic E-state index is 2.34. The van der Waals surface area contributed by atoms with Crippen molar-refractivity contribution in [3.8, 4) is 22.3 Å². The van der Waals surface area contributed by atoms with Gasteiger partial charge < -0.3 is 0 Å². The molecule has 0 bridgehead atoms. The molecule has 0 atom stereocenters. The van der Waals surface area contributed by atoms with E-state index < -0.39 is 0 Å². The summed E-state index contributed by atoms with van der Waals surface area (Å²) in [6, 6.07) is 29.2. The van der Waals surface area contributed by atoms with E-state index in [0.29, 0.717) is 0 Å². The summed E-state index contributed by atoms with van der Waals surface area (Å²) in [7, 11) is 0. The molecule has 0 spiro atoms. The van der Waals surface area contributed by atoms with Gasteiger partial charge in [0.05, 0.1) is 0 Å². The Bertz CT molecular complexity index is 1160. The van der Waals surface area contributed by atoms with Crippen molar-refractivity contribution in [2.24, 2.45) is 0 Å². The molecule has 0 saturated heterocycles. The minimum Gasteiger partial charge on any atom is -0.0619 e. The Labute approximate surface area is 155 Å². The third-order valence-corrected chi connectivity index (χ3v) is 5.91. The third kappa shape index (κ3) is 2.08. The first-order valence-electron chi connectivity index (χ1n) is 9.30.